The first kappa shape index (κ1) is 14.6. The highest BCUT2D eigenvalue weighted by atomic mass is 16.3. The van der Waals surface area contributed by atoms with Gasteiger partial charge in [0.1, 0.15) is 0 Å². The van der Waals surface area contributed by atoms with Crippen molar-refractivity contribution in [2.75, 3.05) is 12.3 Å². The molecule has 108 valence electrons. The van der Waals surface area contributed by atoms with Crippen molar-refractivity contribution in [2.45, 2.75) is 31.7 Å². The molecule has 2 rings (SSSR count). The molecule has 1 fully saturated rings. The van der Waals surface area contributed by atoms with E-state index < -0.39 is 0 Å². The van der Waals surface area contributed by atoms with Gasteiger partial charge in [0.05, 0.1) is 0 Å². The number of nitrogens with one attached hydrogen (secondary N) is 1. The third-order valence-electron chi connectivity index (χ3n) is 3.81. The molecule has 0 saturated heterocycles. The molecule has 20 heavy (non-hydrogen) atoms. The number of amides is 1. The van der Waals surface area contributed by atoms with Gasteiger partial charge in [-0.15, -0.1) is 0 Å². The highest BCUT2D eigenvalue weighted by Crippen LogP contribution is 2.23. The fourth-order valence-corrected chi connectivity index (χ4v) is 2.68. The van der Waals surface area contributed by atoms with E-state index in [-0.39, 0.29) is 24.5 Å². The molecule has 0 radical (unpaired) electrons. The molecule has 1 saturated carbocycles. The molecular weight excluding hydrogens is 252 g/mol. The third-order valence-corrected chi connectivity index (χ3v) is 3.81. The molecule has 4 heteroatoms. The van der Waals surface area contributed by atoms with E-state index in [4.69, 9.17) is 5.73 Å². The number of aliphatic hydroxyl groups is 1. The minimum absolute atomic E-state index is 0.0896. The van der Waals surface area contributed by atoms with Gasteiger partial charge in [0.2, 0.25) is 5.91 Å². The zero-order valence-corrected chi connectivity index (χ0v) is 11.6. The zero-order chi connectivity index (χ0) is 14.4. The van der Waals surface area contributed by atoms with Crippen LogP contribution in [0.3, 0.4) is 0 Å². The van der Waals surface area contributed by atoms with E-state index in [1.54, 1.807) is 6.08 Å². The van der Waals surface area contributed by atoms with Crippen LogP contribution >= 0.6 is 0 Å². The van der Waals surface area contributed by atoms with Crippen LogP contribution in [0.2, 0.25) is 0 Å². The molecule has 0 bridgehead atoms. The second-order valence-electron chi connectivity index (χ2n) is 5.35. The highest BCUT2D eigenvalue weighted by molar-refractivity contribution is 5.92. The van der Waals surface area contributed by atoms with Gasteiger partial charge in [-0.05, 0) is 36.6 Å². The Hall–Kier alpha value is -1.81. The van der Waals surface area contributed by atoms with Crippen LogP contribution in [0.15, 0.2) is 30.3 Å². The van der Waals surface area contributed by atoms with E-state index in [0.29, 0.717) is 5.69 Å². The summed E-state index contributed by atoms with van der Waals surface area (Å²) in [7, 11) is 0. The fourth-order valence-electron chi connectivity index (χ4n) is 2.68. The van der Waals surface area contributed by atoms with Crippen LogP contribution in [0.25, 0.3) is 6.08 Å². The van der Waals surface area contributed by atoms with Gasteiger partial charge >= 0.3 is 0 Å². The molecule has 4 N–H and O–H groups in total. The average molecular weight is 274 g/mol. The van der Waals surface area contributed by atoms with Crippen molar-refractivity contribution in [2.24, 2.45) is 5.92 Å². The lowest BCUT2D eigenvalue weighted by atomic mass is 9.85. The number of benzene rings is 1. The molecular formula is C16H22N2O2. The maximum Gasteiger partial charge on any atom is 0.244 e. The number of carbonyl (C=O) groups is 1. The molecule has 0 spiro atoms. The molecule has 0 heterocycles. The molecule has 0 aliphatic heterocycles. The number of rotatable bonds is 4. The predicted molar refractivity (Wildman–Crippen MR) is 80.9 cm³/mol. The Balaban J connectivity index is 1.91. The summed E-state index contributed by atoms with van der Waals surface area (Å²) >= 11 is 0. The first-order valence-corrected chi connectivity index (χ1v) is 7.14. The molecule has 4 nitrogen and oxygen atoms in total. The van der Waals surface area contributed by atoms with Crippen molar-refractivity contribution in [3.8, 4) is 0 Å². The van der Waals surface area contributed by atoms with Crippen molar-refractivity contribution in [1.29, 1.82) is 0 Å². The topological polar surface area (TPSA) is 75.4 Å². The second kappa shape index (κ2) is 7.10. The lowest BCUT2D eigenvalue weighted by Crippen LogP contribution is -2.42. The molecule has 2 unspecified atom stereocenters. The molecule has 2 atom stereocenters. The molecule has 1 aliphatic rings. The SMILES string of the molecule is Nc1cccc(/C=C/C(=O)NC2CCCCC2CO)c1. The van der Waals surface area contributed by atoms with Crippen molar-refractivity contribution < 1.29 is 9.90 Å². The maximum atomic E-state index is 11.9. The third kappa shape index (κ3) is 4.10. The molecule has 1 amide bonds. The number of aliphatic hydroxyl groups excluding tert-OH is 1. The standard InChI is InChI=1S/C16H22N2O2/c17-14-6-3-4-12(10-14)8-9-16(20)18-15-7-2-1-5-13(15)11-19/h3-4,6,8-10,13,15,19H,1-2,5,7,11,17H2,(H,18,20)/b9-8+. The summed E-state index contributed by atoms with van der Waals surface area (Å²) in [5, 5.41) is 12.3. The van der Waals surface area contributed by atoms with E-state index in [2.05, 4.69) is 5.32 Å². The smallest absolute Gasteiger partial charge is 0.244 e. The van der Waals surface area contributed by atoms with Crippen LogP contribution in [0.5, 0.6) is 0 Å². The van der Waals surface area contributed by atoms with Crippen LogP contribution < -0.4 is 11.1 Å². The van der Waals surface area contributed by atoms with Gasteiger partial charge in [-0.3, -0.25) is 4.79 Å². The van der Waals surface area contributed by atoms with Crippen LogP contribution in [0.4, 0.5) is 5.69 Å². The van der Waals surface area contributed by atoms with Gasteiger partial charge < -0.3 is 16.2 Å². The van der Waals surface area contributed by atoms with E-state index in [0.717, 1.165) is 31.2 Å². The number of anilines is 1. The van der Waals surface area contributed by atoms with Crippen molar-refractivity contribution in [3.05, 3.63) is 35.9 Å². The lowest BCUT2D eigenvalue weighted by Gasteiger charge is -2.30. The van der Waals surface area contributed by atoms with Crippen molar-refractivity contribution >= 4 is 17.7 Å². The molecule has 1 aliphatic carbocycles. The van der Waals surface area contributed by atoms with Gasteiger partial charge in [0.25, 0.3) is 0 Å². The van der Waals surface area contributed by atoms with Crippen molar-refractivity contribution in [3.63, 3.8) is 0 Å². The number of hydrogen-bond acceptors (Lipinski definition) is 3. The summed E-state index contributed by atoms with van der Waals surface area (Å²) in [5.41, 5.74) is 7.27. The van der Waals surface area contributed by atoms with Gasteiger partial charge in [0, 0.05) is 30.3 Å². The van der Waals surface area contributed by atoms with Crippen molar-refractivity contribution in [1.82, 2.24) is 5.32 Å². The first-order valence-electron chi connectivity index (χ1n) is 7.14. The Morgan fingerprint density at radius 1 is 1.40 bits per heavy atom. The number of carbonyl (C=O) groups excluding carboxylic acids is 1. The van der Waals surface area contributed by atoms with E-state index >= 15 is 0 Å². The summed E-state index contributed by atoms with van der Waals surface area (Å²) in [5.74, 6) is 0.0752. The number of nitrogen functional groups attached to an aromatic ring is 1. The van der Waals surface area contributed by atoms with Crippen LogP contribution in [-0.4, -0.2) is 23.7 Å². The molecule has 0 aromatic heterocycles. The first-order chi connectivity index (χ1) is 9.69. The Morgan fingerprint density at radius 3 is 2.95 bits per heavy atom. The number of hydrogen-bond donors (Lipinski definition) is 3. The van der Waals surface area contributed by atoms with Gasteiger partial charge in [-0.1, -0.05) is 25.0 Å². The van der Waals surface area contributed by atoms with Gasteiger partial charge in [-0.25, -0.2) is 0 Å². The average Bonchev–Trinajstić information content (AvgIpc) is 2.46. The van der Waals surface area contributed by atoms with Crippen LogP contribution in [0, 0.1) is 5.92 Å². The van der Waals surface area contributed by atoms with Crippen LogP contribution in [0.1, 0.15) is 31.2 Å². The quantitative estimate of drug-likeness (QED) is 0.580. The Bertz CT molecular complexity index is 485. The second-order valence-corrected chi connectivity index (χ2v) is 5.35. The molecule has 1 aromatic rings. The summed E-state index contributed by atoms with van der Waals surface area (Å²) in [6.45, 7) is 0.143. The Kier molecular flexibility index (Phi) is 5.18. The zero-order valence-electron chi connectivity index (χ0n) is 11.6. The highest BCUT2D eigenvalue weighted by Gasteiger charge is 2.25. The normalized spacial score (nSPS) is 22.9. The Labute approximate surface area is 119 Å². The lowest BCUT2D eigenvalue weighted by molar-refractivity contribution is -0.117. The number of nitrogens with two attached hydrogens (primary N) is 1. The monoisotopic (exact) mass is 274 g/mol. The summed E-state index contributed by atoms with van der Waals surface area (Å²) in [4.78, 5) is 11.9. The summed E-state index contributed by atoms with van der Waals surface area (Å²) in [6.07, 6.45) is 7.46. The van der Waals surface area contributed by atoms with E-state index in [1.165, 1.54) is 6.08 Å². The summed E-state index contributed by atoms with van der Waals surface area (Å²) in [6, 6.07) is 7.48. The maximum absolute atomic E-state index is 11.9. The van der Waals surface area contributed by atoms with Crippen LogP contribution in [-0.2, 0) is 4.79 Å². The van der Waals surface area contributed by atoms with E-state index in [9.17, 15) is 9.90 Å². The van der Waals surface area contributed by atoms with Gasteiger partial charge in [0.15, 0.2) is 0 Å². The fraction of sp³-hybridized carbons (Fsp3) is 0.438. The molecule has 1 aromatic carbocycles. The minimum Gasteiger partial charge on any atom is -0.399 e. The Morgan fingerprint density at radius 2 is 2.20 bits per heavy atom. The van der Waals surface area contributed by atoms with E-state index in [1.807, 2.05) is 24.3 Å². The predicted octanol–water partition coefficient (Wildman–Crippen LogP) is 1.95. The van der Waals surface area contributed by atoms with Gasteiger partial charge in [-0.2, -0.15) is 0 Å². The minimum atomic E-state index is -0.113. The summed E-state index contributed by atoms with van der Waals surface area (Å²) < 4.78 is 0. The largest absolute Gasteiger partial charge is 0.399 e.